The Balaban J connectivity index is 1.40. The van der Waals surface area contributed by atoms with Crippen molar-refractivity contribution in [3.05, 3.63) is 52.6 Å². The molecule has 0 bridgehead atoms. The van der Waals surface area contributed by atoms with Crippen LogP contribution in [0, 0.1) is 12.8 Å². The van der Waals surface area contributed by atoms with E-state index in [1.807, 2.05) is 31.2 Å². The molecule has 2 heterocycles. The summed E-state index contributed by atoms with van der Waals surface area (Å²) < 4.78 is 5.71. The van der Waals surface area contributed by atoms with E-state index in [9.17, 15) is 4.79 Å². The third-order valence-electron chi connectivity index (χ3n) is 5.11. The van der Waals surface area contributed by atoms with E-state index in [4.69, 9.17) is 4.74 Å². The minimum atomic E-state index is -0.159. The van der Waals surface area contributed by atoms with Gasteiger partial charge in [0.15, 0.2) is 0 Å². The number of aromatic nitrogens is 2. The van der Waals surface area contributed by atoms with Crippen LogP contribution in [0.15, 0.2) is 24.3 Å². The summed E-state index contributed by atoms with van der Waals surface area (Å²) in [5.41, 5.74) is 4.62. The second-order valence-electron chi connectivity index (χ2n) is 6.90. The molecule has 1 aliphatic heterocycles. The van der Waals surface area contributed by atoms with Crippen molar-refractivity contribution >= 4 is 5.91 Å². The molecule has 25 heavy (non-hydrogen) atoms. The maximum absolute atomic E-state index is 12.5. The SMILES string of the molecule is Cc1nc(CNC(=O)C2COc3ccccc3C2)nc2c1CCCC2. The first-order valence-corrected chi connectivity index (χ1v) is 9.04. The number of carbonyl (C=O) groups is 1. The zero-order chi connectivity index (χ0) is 17.2. The van der Waals surface area contributed by atoms with Crippen molar-refractivity contribution in [3.8, 4) is 5.75 Å². The molecule has 5 heteroatoms. The van der Waals surface area contributed by atoms with Crippen LogP contribution in [0.25, 0.3) is 0 Å². The van der Waals surface area contributed by atoms with Crippen molar-refractivity contribution < 1.29 is 9.53 Å². The van der Waals surface area contributed by atoms with Gasteiger partial charge in [0, 0.05) is 11.4 Å². The van der Waals surface area contributed by atoms with Crippen LogP contribution < -0.4 is 10.1 Å². The number of benzene rings is 1. The van der Waals surface area contributed by atoms with Crippen molar-refractivity contribution in [1.82, 2.24) is 15.3 Å². The summed E-state index contributed by atoms with van der Waals surface area (Å²) in [7, 11) is 0. The molecule has 0 radical (unpaired) electrons. The molecular weight excluding hydrogens is 314 g/mol. The van der Waals surface area contributed by atoms with E-state index in [1.165, 1.54) is 18.4 Å². The largest absolute Gasteiger partial charge is 0.492 e. The standard InChI is InChI=1S/C20H23N3O2/c1-13-16-7-3-4-8-17(16)23-19(22-13)11-21-20(24)15-10-14-6-2-5-9-18(14)25-12-15/h2,5-6,9,15H,3-4,7-8,10-12H2,1H3,(H,21,24). The predicted octanol–water partition coefficient (Wildman–Crippen LogP) is 2.53. The maximum atomic E-state index is 12.5. The smallest absolute Gasteiger partial charge is 0.227 e. The van der Waals surface area contributed by atoms with Gasteiger partial charge < -0.3 is 10.1 Å². The average Bonchev–Trinajstić information content (AvgIpc) is 2.66. The summed E-state index contributed by atoms with van der Waals surface area (Å²) in [6, 6.07) is 7.90. The van der Waals surface area contributed by atoms with E-state index in [-0.39, 0.29) is 11.8 Å². The zero-order valence-electron chi connectivity index (χ0n) is 14.5. The fraction of sp³-hybridized carbons (Fsp3) is 0.450. The van der Waals surface area contributed by atoms with Crippen LogP contribution in [0.1, 0.15) is 41.2 Å². The van der Waals surface area contributed by atoms with Gasteiger partial charge in [0.05, 0.1) is 12.5 Å². The highest BCUT2D eigenvalue weighted by molar-refractivity contribution is 5.79. The molecule has 5 nitrogen and oxygen atoms in total. The number of nitrogens with one attached hydrogen (secondary N) is 1. The molecule has 1 N–H and O–H groups in total. The Kier molecular flexibility index (Phi) is 4.38. The summed E-state index contributed by atoms with van der Waals surface area (Å²) in [6.07, 6.45) is 5.22. The average molecular weight is 337 g/mol. The number of rotatable bonds is 3. The van der Waals surface area contributed by atoms with Crippen LogP contribution in [-0.4, -0.2) is 22.5 Å². The van der Waals surface area contributed by atoms with Crippen molar-refractivity contribution in [1.29, 1.82) is 0 Å². The highest BCUT2D eigenvalue weighted by Gasteiger charge is 2.26. The third kappa shape index (κ3) is 3.36. The molecule has 2 aliphatic rings. The quantitative estimate of drug-likeness (QED) is 0.935. The number of hydrogen-bond donors (Lipinski definition) is 1. The topological polar surface area (TPSA) is 64.1 Å². The first kappa shape index (κ1) is 16.1. The Morgan fingerprint density at radius 3 is 3.00 bits per heavy atom. The zero-order valence-corrected chi connectivity index (χ0v) is 14.5. The van der Waals surface area contributed by atoms with Gasteiger partial charge in [-0.05, 0) is 56.2 Å². The van der Waals surface area contributed by atoms with Crippen LogP contribution in [0.3, 0.4) is 0 Å². The van der Waals surface area contributed by atoms with Crippen LogP contribution >= 0.6 is 0 Å². The molecular formula is C20H23N3O2. The summed E-state index contributed by atoms with van der Waals surface area (Å²) in [6.45, 7) is 2.85. The minimum absolute atomic E-state index is 0.00785. The van der Waals surface area contributed by atoms with Gasteiger partial charge in [0.1, 0.15) is 18.2 Å². The van der Waals surface area contributed by atoms with E-state index in [0.29, 0.717) is 25.4 Å². The first-order chi connectivity index (χ1) is 12.2. The molecule has 1 aromatic carbocycles. The second kappa shape index (κ2) is 6.82. The molecule has 1 atom stereocenters. The fourth-order valence-electron chi connectivity index (χ4n) is 3.73. The highest BCUT2D eigenvalue weighted by atomic mass is 16.5. The van der Waals surface area contributed by atoms with E-state index in [2.05, 4.69) is 15.3 Å². The summed E-state index contributed by atoms with van der Waals surface area (Å²) in [5, 5.41) is 2.99. The monoisotopic (exact) mass is 337 g/mol. The summed E-state index contributed by atoms with van der Waals surface area (Å²) >= 11 is 0. The summed E-state index contributed by atoms with van der Waals surface area (Å²) in [4.78, 5) is 21.8. The lowest BCUT2D eigenvalue weighted by atomic mass is 9.95. The Morgan fingerprint density at radius 1 is 1.24 bits per heavy atom. The van der Waals surface area contributed by atoms with Crippen molar-refractivity contribution in [2.45, 2.75) is 45.6 Å². The number of amides is 1. The number of aryl methyl sites for hydroxylation is 2. The first-order valence-electron chi connectivity index (χ1n) is 9.04. The van der Waals surface area contributed by atoms with Gasteiger partial charge in [0.2, 0.25) is 5.91 Å². The molecule has 2 aromatic rings. The van der Waals surface area contributed by atoms with Crippen molar-refractivity contribution in [3.63, 3.8) is 0 Å². The lowest BCUT2D eigenvalue weighted by Gasteiger charge is -2.24. The predicted molar refractivity (Wildman–Crippen MR) is 94.4 cm³/mol. The Bertz CT molecular complexity index is 804. The number of nitrogens with zero attached hydrogens (tertiary/aromatic N) is 2. The fourth-order valence-corrected chi connectivity index (χ4v) is 3.73. The van der Waals surface area contributed by atoms with Crippen molar-refractivity contribution in [2.75, 3.05) is 6.61 Å². The van der Waals surface area contributed by atoms with Gasteiger partial charge in [-0.2, -0.15) is 0 Å². The molecule has 130 valence electrons. The molecule has 1 amide bonds. The minimum Gasteiger partial charge on any atom is -0.492 e. The van der Waals surface area contributed by atoms with Gasteiger partial charge in [0.25, 0.3) is 0 Å². The van der Waals surface area contributed by atoms with Crippen LogP contribution in [0.4, 0.5) is 0 Å². The Morgan fingerprint density at radius 2 is 2.08 bits per heavy atom. The van der Waals surface area contributed by atoms with E-state index < -0.39 is 0 Å². The van der Waals surface area contributed by atoms with Gasteiger partial charge in [-0.3, -0.25) is 4.79 Å². The Labute approximate surface area is 147 Å². The lowest BCUT2D eigenvalue weighted by molar-refractivity contribution is -0.126. The van der Waals surface area contributed by atoms with Crippen LogP contribution in [0.2, 0.25) is 0 Å². The van der Waals surface area contributed by atoms with E-state index >= 15 is 0 Å². The van der Waals surface area contributed by atoms with Crippen LogP contribution in [0.5, 0.6) is 5.75 Å². The maximum Gasteiger partial charge on any atom is 0.227 e. The molecule has 4 rings (SSSR count). The van der Waals surface area contributed by atoms with Crippen LogP contribution in [-0.2, 0) is 30.6 Å². The molecule has 1 aromatic heterocycles. The molecule has 1 unspecified atom stereocenters. The van der Waals surface area contributed by atoms with Gasteiger partial charge in [-0.1, -0.05) is 18.2 Å². The van der Waals surface area contributed by atoms with E-state index in [1.54, 1.807) is 0 Å². The number of fused-ring (bicyclic) bond motifs is 2. The Hall–Kier alpha value is -2.43. The number of para-hydroxylation sites is 1. The molecule has 1 aliphatic carbocycles. The van der Waals surface area contributed by atoms with Gasteiger partial charge >= 0.3 is 0 Å². The molecule has 0 fully saturated rings. The number of ether oxygens (including phenoxy) is 1. The van der Waals surface area contributed by atoms with Gasteiger partial charge in [-0.25, -0.2) is 9.97 Å². The third-order valence-corrected chi connectivity index (χ3v) is 5.11. The van der Waals surface area contributed by atoms with E-state index in [0.717, 1.165) is 35.5 Å². The molecule has 0 spiro atoms. The molecule has 0 saturated carbocycles. The number of hydrogen-bond acceptors (Lipinski definition) is 4. The number of carbonyl (C=O) groups excluding carboxylic acids is 1. The van der Waals surface area contributed by atoms with Gasteiger partial charge in [-0.15, -0.1) is 0 Å². The second-order valence-corrected chi connectivity index (χ2v) is 6.90. The normalized spacial score (nSPS) is 18.7. The van der Waals surface area contributed by atoms with Crippen molar-refractivity contribution in [2.24, 2.45) is 5.92 Å². The highest BCUT2D eigenvalue weighted by Crippen LogP contribution is 2.27. The molecule has 0 saturated heterocycles. The lowest BCUT2D eigenvalue weighted by Crippen LogP contribution is -2.37. The summed E-state index contributed by atoms with van der Waals surface area (Å²) in [5.74, 6) is 1.45.